The van der Waals surface area contributed by atoms with Crippen LogP contribution < -0.4 is 5.73 Å². The van der Waals surface area contributed by atoms with Crippen molar-refractivity contribution in [2.45, 2.75) is 45.1 Å². The van der Waals surface area contributed by atoms with E-state index >= 15 is 0 Å². The molecule has 1 aliphatic heterocycles. The third-order valence-electron chi connectivity index (χ3n) is 3.33. The second kappa shape index (κ2) is 5.69. The molecule has 2 rings (SSSR count). The molecule has 1 amide bonds. The van der Waals surface area contributed by atoms with Crippen LogP contribution in [-0.4, -0.2) is 34.7 Å². The fourth-order valence-corrected chi connectivity index (χ4v) is 2.44. The number of carbonyl (C=O) groups is 1. The van der Waals surface area contributed by atoms with Crippen LogP contribution in [0.3, 0.4) is 0 Å². The van der Waals surface area contributed by atoms with Gasteiger partial charge in [0.15, 0.2) is 0 Å². The second-order valence-electron chi connectivity index (χ2n) is 6.32. The Morgan fingerprint density at radius 2 is 2.20 bits per heavy atom. The van der Waals surface area contributed by atoms with Gasteiger partial charge in [-0.05, 0) is 45.2 Å². The summed E-state index contributed by atoms with van der Waals surface area (Å²) in [6.07, 6.45) is 5.25. The van der Waals surface area contributed by atoms with Gasteiger partial charge in [0.1, 0.15) is 5.60 Å². The number of likely N-dealkylation sites (tertiary alicyclic amines) is 1. The highest BCUT2D eigenvalue weighted by Gasteiger charge is 2.28. The maximum absolute atomic E-state index is 12.1. The molecule has 5 nitrogen and oxygen atoms in total. The summed E-state index contributed by atoms with van der Waals surface area (Å²) in [6, 6.07) is 1.94. The third-order valence-corrected chi connectivity index (χ3v) is 3.33. The number of hydrogen-bond acceptors (Lipinski definition) is 4. The van der Waals surface area contributed by atoms with Crippen LogP contribution >= 0.6 is 0 Å². The maximum atomic E-state index is 12.1. The van der Waals surface area contributed by atoms with E-state index in [2.05, 4.69) is 4.98 Å². The Morgan fingerprint density at radius 3 is 2.85 bits per heavy atom. The van der Waals surface area contributed by atoms with Gasteiger partial charge >= 0.3 is 6.09 Å². The van der Waals surface area contributed by atoms with E-state index in [-0.39, 0.29) is 12.0 Å². The number of nitrogen functional groups attached to an aromatic ring is 1. The van der Waals surface area contributed by atoms with Gasteiger partial charge in [0.05, 0.1) is 5.69 Å². The molecule has 1 aromatic heterocycles. The summed E-state index contributed by atoms with van der Waals surface area (Å²) >= 11 is 0. The average Bonchev–Trinajstić information content (AvgIpc) is 2.37. The van der Waals surface area contributed by atoms with Crippen LogP contribution in [0.4, 0.5) is 10.5 Å². The number of piperidine rings is 1. The van der Waals surface area contributed by atoms with Gasteiger partial charge in [-0.2, -0.15) is 0 Å². The molecule has 2 heterocycles. The SMILES string of the molecule is CC(C)(C)OC(=O)N1CCCC(c2cncc(N)c2)C1. The Hall–Kier alpha value is -1.78. The topological polar surface area (TPSA) is 68.5 Å². The first-order chi connectivity index (χ1) is 9.35. The molecular weight excluding hydrogens is 254 g/mol. The molecule has 0 aliphatic carbocycles. The van der Waals surface area contributed by atoms with Crippen molar-refractivity contribution < 1.29 is 9.53 Å². The summed E-state index contributed by atoms with van der Waals surface area (Å²) in [5.74, 6) is 0.285. The van der Waals surface area contributed by atoms with E-state index in [1.165, 1.54) is 0 Å². The minimum Gasteiger partial charge on any atom is -0.444 e. The third kappa shape index (κ3) is 3.85. The van der Waals surface area contributed by atoms with Crippen molar-refractivity contribution in [2.24, 2.45) is 0 Å². The molecule has 1 aromatic rings. The lowest BCUT2D eigenvalue weighted by atomic mass is 9.92. The van der Waals surface area contributed by atoms with Gasteiger partial charge in [0.25, 0.3) is 0 Å². The molecule has 1 saturated heterocycles. The van der Waals surface area contributed by atoms with Gasteiger partial charge in [-0.15, -0.1) is 0 Å². The number of ether oxygens (including phenoxy) is 1. The lowest BCUT2D eigenvalue weighted by Gasteiger charge is -2.34. The molecule has 0 saturated carbocycles. The predicted octanol–water partition coefficient (Wildman–Crippen LogP) is 2.78. The fraction of sp³-hybridized carbons (Fsp3) is 0.600. The van der Waals surface area contributed by atoms with E-state index in [4.69, 9.17) is 10.5 Å². The first kappa shape index (κ1) is 14.6. The summed E-state index contributed by atoms with van der Waals surface area (Å²) in [7, 11) is 0. The molecule has 0 radical (unpaired) electrons. The lowest BCUT2D eigenvalue weighted by molar-refractivity contribution is 0.0198. The molecular formula is C15H23N3O2. The summed E-state index contributed by atoms with van der Waals surface area (Å²) in [5.41, 5.74) is 7.08. The van der Waals surface area contributed by atoms with Crippen molar-refractivity contribution in [1.29, 1.82) is 0 Å². The van der Waals surface area contributed by atoms with Crippen molar-refractivity contribution >= 4 is 11.8 Å². The van der Waals surface area contributed by atoms with Crippen LogP contribution in [0.25, 0.3) is 0 Å². The largest absolute Gasteiger partial charge is 0.444 e. The number of amides is 1. The summed E-state index contributed by atoms with van der Waals surface area (Å²) in [5, 5.41) is 0. The minimum absolute atomic E-state index is 0.237. The number of pyridine rings is 1. The molecule has 1 atom stereocenters. The smallest absolute Gasteiger partial charge is 0.410 e. The van der Waals surface area contributed by atoms with E-state index in [0.29, 0.717) is 12.2 Å². The van der Waals surface area contributed by atoms with Gasteiger partial charge in [-0.1, -0.05) is 0 Å². The highest BCUT2D eigenvalue weighted by Crippen LogP contribution is 2.28. The van der Waals surface area contributed by atoms with E-state index in [9.17, 15) is 4.79 Å². The molecule has 110 valence electrons. The number of anilines is 1. The number of hydrogen-bond donors (Lipinski definition) is 1. The molecule has 5 heteroatoms. The Morgan fingerprint density at radius 1 is 1.45 bits per heavy atom. The molecule has 1 unspecified atom stereocenters. The Balaban J connectivity index is 2.03. The zero-order valence-corrected chi connectivity index (χ0v) is 12.4. The Bertz CT molecular complexity index is 482. The molecule has 1 fully saturated rings. The summed E-state index contributed by atoms with van der Waals surface area (Å²) in [4.78, 5) is 18.0. The van der Waals surface area contributed by atoms with Crippen LogP contribution in [0.15, 0.2) is 18.5 Å². The van der Waals surface area contributed by atoms with Crippen molar-refractivity contribution in [2.75, 3.05) is 18.8 Å². The zero-order valence-electron chi connectivity index (χ0n) is 12.4. The van der Waals surface area contributed by atoms with Crippen molar-refractivity contribution in [1.82, 2.24) is 9.88 Å². The van der Waals surface area contributed by atoms with Gasteiger partial charge < -0.3 is 15.4 Å². The molecule has 0 bridgehead atoms. The molecule has 1 aliphatic rings. The number of nitrogens with two attached hydrogens (primary N) is 1. The van der Waals surface area contributed by atoms with E-state index in [1.807, 2.05) is 33.0 Å². The quantitative estimate of drug-likeness (QED) is 0.857. The van der Waals surface area contributed by atoms with E-state index < -0.39 is 5.60 Å². The highest BCUT2D eigenvalue weighted by molar-refractivity contribution is 5.68. The molecule has 0 aromatic carbocycles. The van der Waals surface area contributed by atoms with E-state index in [0.717, 1.165) is 24.9 Å². The van der Waals surface area contributed by atoms with Crippen LogP contribution in [0.5, 0.6) is 0 Å². The summed E-state index contributed by atoms with van der Waals surface area (Å²) < 4.78 is 5.43. The fourth-order valence-electron chi connectivity index (χ4n) is 2.44. The Kier molecular flexibility index (Phi) is 4.16. The number of carbonyl (C=O) groups excluding carboxylic acids is 1. The van der Waals surface area contributed by atoms with Crippen molar-refractivity contribution in [3.05, 3.63) is 24.0 Å². The standard InChI is InChI=1S/C15H23N3O2/c1-15(2,3)20-14(19)18-6-4-5-11(10-18)12-7-13(16)9-17-8-12/h7-9,11H,4-6,10,16H2,1-3H3. The van der Waals surface area contributed by atoms with Crippen molar-refractivity contribution in [3.8, 4) is 0 Å². The predicted molar refractivity (Wildman–Crippen MR) is 78.4 cm³/mol. The Labute approximate surface area is 120 Å². The molecule has 20 heavy (non-hydrogen) atoms. The van der Waals surface area contributed by atoms with Crippen LogP contribution in [0.2, 0.25) is 0 Å². The molecule has 0 spiro atoms. The minimum atomic E-state index is -0.456. The normalized spacial score (nSPS) is 19.8. The van der Waals surface area contributed by atoms with Crippen LogP contribution in [0.1, 0.15) is 45.1 Å². The lowest BCUT2D eigenvalue weighted by Crippen LogP contribution is -2.42. The monoisotopic (exact) mass is 277 g/mol. The number of nitrogens with zero attached hydrogens (tertiary/aromatic N) is 2. The van der Waals surface area contributed by atoms with Gasteiger partial charge in [-0.25, -0.2) is 4.79 Å². The van der Waals surface area contributed by atoms with Gasteiger partial charge in [0.2, 0.25) is 0 Å². The zero-order chi connectivity index (χ0) is 14.8. The first-order valence-corrected chi connectivity index (χ1v) is 7.03. The number of aromatic nitrogens is 1. The average molecular weight is 277 g/mol. The van der Waals surface area contributed by atoms with Crippen molar-refractivity contribution in [3.63, 3.8) is 0 Å². The van der Waals surface area contributed by atoms with E-state index in [1.54, 1.807) is 11.1 Å². The highest BCUT2D eigenvalue weighted by atomic mass is 16.6. The van der Waals surface area contributed by atoms with Crippen LogP contribution in [0, 0.1) is 0 Å². The second-order valence-corrected chi connectivity index (χ2v) is 6.32. The van der Waals surface area contributed by atoms with Gasteiger partial charge in [0, 0.05) is 31.4 Å². The first-order valence-electron chi connectivity index (χ1n) is 7.03. The van der Waals surface area contributed by atoms with Gasteiger partial charge in [-0.3, -0.25) is 4.98 Å². The maximum Gasteiger partial charge on any atom is 0.410 e. The number of rotatable bonds is 1. The van der Waals surface area contributed by atoms with Crippen LogP contribution in [-0.2, 0) is 4.74 Å². The molecule has 2 N–H and O–H groups in total. The summed E-state index contributed by atoms with van der Waals surface area (Å²) in [6.45, 7) is 7.07.